The fourth-order valence-electron chi connectivity index (χ4n) is 6.74. The van der Waals surface area contributed by atoms with Gasteiger partial charge in [0, 0.05) is 11.3 Å². The van der Waals surface area contributed by atoms with Crippen molar-refractivity contribution < 1.29 is 24.2 Å². The molecular formula is C28H37ClN2O5S. The highest BCUT2D eigenvalue weighted by molar-refractivity contribution is 8.02. The zero-order chi connectivity index (χ0) is 27.3. The number of hydrogen-bond acceptors (Lipinski definition) is 6. The van der Waals surface area contributed by atoms with Crippen molar-refractivity contribution in [2.24, 2.45) is 17.8 Å². The van der Waals surface area contributed by atoms with Crippen LogP contribution in [-0.4, -0.2) is 69.1 Å². The van der Waals surface area contributed by atoms with Crippen molar-refractivity contribution in [3.63, 3.8) is 0 Å². The van der Waals surface area contributed by atoms with Crippen molar-refractivity contribution in [2.75, 3.05) is 24.7 Å². The van der Waals surface area contributed by atoms with Crippen LogP contribution in [0, 0.1) is 24.7 Å². The van der Waals surface area contributed by atoms with Crippen molar-refractivity contribution in [3.05, 3.63) is 41.4 Å². The number of anilines is 1. The number of likely N-dealkylation sites (tertiary alicyclic amines) is 1. The summed E-state index contributed by atoms with van der Waals surface area (Å²) in [6.07, 6.45) is 2.96. The lowest BCUT2D eigenvalue weighted by Gasteiger charge is -2.41. The number of amides is 2. The summed E-state index contributed by atoms with van der Waals surface area (Å²) in [5.41, 5.74) is 1.41. The maximum absolute atomic E-state index is 14.7. The summed E-state index contributed by atoms with van der Waals surface area (Å²) in [5.74, 6) is -2.37. The molecule has 202 valence electrons. The van der Waals surface area contributed by atoms with Crippen molar-refractivity contribution in [1.29, 1.82) is 0 Å². The molecule has 0 aromatic heterocycles. The number of carbonyl (C=O) groups is 3. The molecule has 1 spiro atoms. The number of aryl methyl sites for hydroxylation is 1. The third kappa shape index (κ3) is 4.20. The van der Waals surface area contributed by atoms with Gasteiger partial charge in [0.15, 0.2) is 0 Å². The van der Waals surface area contributed by atoms with E-state index >= 15 is 0 Å². The molecule has 3 fully saturated rings. The van der Waals surface area contributed by atoms with Crippen LogP contribution in [0.3, 0.4) is 0 Å². The molecule has 0 radical (unpaired) electrons. The Kier molecular flexibility index (Phi) is 7.77. The van der Waals surface area contributed by atoms with Crippen molar-refractivity contribution in [3.8, 4) is 0 Å². The van der Waals surface area contributed by atoms with Gasteiger partial charge in [0.25, 0.3) is 5.91 Å². The van der Waals surface area contributed by atoms with Gasteiger partial charge in [-0.05, 0) is 51.2 Å². The Morgan fingerprint density at radius 2 is 2.08 bits per heavy atom. The fraction of sp³-hybridized carbons (Fsp3) is 0.607. The lowest BCUT2D eigenvalue weighted by atomic mass is 9.66. The zero-order valence-electron chi connectivity index (χ0n) is 22.2. The third-order valence-electron chi connectivity index (χ3n) is 8.34. The number of ether oxygens (including phenoxy) is 1. The summed E-state index contributed by atoms with van der Waals surface area (Å²) in [4.78, 5) is 45.4. The molecule has 1 aromatic rings. The molecule has 7 nitrogen and oxygen atoms in total. The number of aliphatic hydroxyl groups is 1. The molecule has 4 rings (SSSR count). The van der Waals surface area contributed by atoms with Gasteiger partial charge in [-0.2, -0.15) is 0 Å². The highest BCUT2D eigenvalue weighted by Gasteiger charge is 2.78. The highest BCUT2D eigenvalue weighted by Crippen LogP contribution is 2.72. The standard InChI is InChI=1S/C28H37ClN2O5S/c1-7-14-30(22-17(5)10-9-11-18(22)29)25(34)23-28-13-12-27(6,37-28)21(26(35)36-8-2)20(28)24(33)31(23)19(15-32)16(3)4/h7,9-11,16,19-21,23,32H,1,8,12-15H2,2-6H3/t19-,20-,21-,23?,27+,28?/m0/s1. The predicted octanol–water partition coefficient (Wildman–Crippen LogP) is 4.23. The van der Waals surface area contributed by atoms with Crippen molar-refractivity contribution in [1.82, 2.24) is 4.90 Å². The van der Waals surface area contributed by atoms with Gasteiger partial charge in [-0.3, -0.25) is 14.4 Å². The van der Waals surface area contributed by atoms with E-state index in [9.17, 15) is 19.5 Å². The highest BCUT2D eigenvalue weighted by atomic mass is 35.5. The molecule has 3 saturated heterocycles. The number of aliphatic hydroxyl groups excluding tert-OH is 1. The van der Waals surface area contributed by atoms with Crippen LogP contribution < -0.4 is 4.90 Å². The van der Waals surface area contributed by atoms with Crippen LogP contribution in [0.4, 0.5) is 5.69 Å². The van der Waals surface area contributed by atoms with Gasteiger partial charge in [0.2, 0.25) is 5.91 Å². The second-order valence-corrected chi connectivity index (χ2v) is 13.2. The Bertz CT molecular complexity index is 1090. The zero-order valence-corrected chi connectivity index (χ0v) is 23.8. The van der Waals surface area contributed by atoms with E-state index in [4.69, 9.17) is 16.3 Å². The molecule has 3 aliphatic rings. The Morgan fingerprint density at radius 1 is 1.38 bits per heavy atom. The Balaban J connectivity index is 1.90. The van der Waals surface area contributed by atoms with Gasteiger partial charge in [-0.1, -0.05) is 43.7 Å². The second-order valence-electron chi connectivity index (χ2n) is 10.9. The van der Waals surface area contributed by atoms with Gasteiger partial charge >= 0.3 is 5.97 Å². The minimum absolute atomic E-state index is 0.104. The summed E-state index contributed by atoms with van der Waals surface area (Å²) in [6.45, 7) is 13.5. The maximum Gasteiger partial charge on any atom is 0.311 e. The Labute approximate surface area is 228 Å². The first-order valence-corrected chi connectivity index (χ1v) is 14.2. The molecule has 0 aliphatic carbocycles. The van der Waals surface area contributed by atoms with Crippen LogP contribution in [0.1, 0.15) is 46.1 Å². The minimum atomic E-state index is -0.869. The average Bonchev–Trinajstić information content (AvgIpc) is 3.39. The number of thioether (sulfide) groups is 1. The van der Waals surface area contributed by atoms with E-state index in [1.807, 2.05) is 39.8 Å². The topological polar surface area (TPSA) is 87.2 Å². The smallest absolute Gasteiger partial charge is 0.311 e. The van der Waals surface area contributed by atoms with E-state index in [2.05, 4.69) is 6.58 Å². The van der Waals surface area contributed by atoms with Gasteiger partial charge in [0.05, 0.1) is 46.5 Å². The number of rotatable bonds is 9. The number of nitrogens with zero attached hydrogens (tertiary/aromatic N) is 2. The molecule has 2 unspecified atom stereocenters. The lowest BCUT2D eigenvalue weighted by molar-refractivity contribution is -0.155. The molecule has 9 heteroatoms. The van der Waals surface area contributed by atoms with Gasteiger partial charge in [-0.25, -0.2) is 0 Å². The van der Waals surface area contributed by atoms with E-state index in [1.165, 1.54) is 0 Å². The average molecular weight is 549 g/mol. The lowest BCUT2D eigenvalue weighted by Crippen LogP contribution is -2.58. The molecule has 3 aliphatic heterocycles. The first-order valence-electron chi connectivity index (χ1n) is 13.0. The predicted molar refractivity (Wildman–Crippen MR) is 147 cm³/mol. The molecule has 2 bridgehead atoms. The second kappa shape index (κ2) is 10.3. The summed E-state index contributed by atoms with van der Waals surface area (Å²) in [5, 5.41) is 10.8. The third-order valence-corrected chi connectivity index (χ3v) is 10.6. The largest absolute Gasteiger partial charge is 0.466 e. The van der Waals surface area contributed by atoms with Crippen LogP contribution in [0.2, 0.25) is 5.02 Å². The summed E-state index contributed by atoms with van der Waals surface area (Å²) < 4.78 is 4.14. The minimum Gasteiger partial charge on any atom is -0.466 e. The Hall–Kier alpha value is -2.03. The number of carbonyl (C=O) groups excluding carboxylic acids is 3. The van der Waals surface area contributed by atoms with E-state index in [0.717, 1.165) is 5.56 Å². The fourth-order valence-corrected chi connectivity index (χ4v) is 9.39. The summed E-state index contributed by atoms with van der Waals surface area (Å²) >= 11 is 8.20. The van der Waals surface area contributed by atoms with Gasteiger partial charge in [0.1, 0.15) is 6.04 Å². The number of benzene rings is 1. The number of hydrogen-bond donors (Lipinski definition) is 1. The van der Waals surface area contributed by atoms with Crippen LogP contribution in [0.25, 0.3) is 0 Å². The first-order chi connectivity index (χ1) is 17.5. The van der Waals surface area contributed by atoms with Crippen LogP contribution in [0.5, 0.6) is 0 Å². The summed E-state index contributed by atoms with van der Waals surface area (Å²) in [7, 11) is 0. The maximum atomic E-state index is 14.7. The number of halogens is 1. The molecule has 1 N–H and O–H groups in total. The van der Waals surface area contributed by atoms with Crippen molar-refractivity contribution in [2.45, 2.75) is 69.0 Å². The van der Waals surface area contributed by atoms with E-state index < -0.39 is 33.4 Å². The Morgan fingerprint density at radius 3 is 2.65 bits per heavy atom. The molecule has 6 atom stereocenters. The van der Waals surface area contributed by atoms with Crippen molar-refractivity contribution >= 4 is 46.8 Å². The van der Waals surface area contributed by atoms with E-state index in [1.54, 1.807) is 40.6 Å². The molecule has 1 aromatic carbocycles. The first kappa shape index (κ1) is 28.0. The van der Waals surface area contributed by atoms with Crippen LogP contribution in [0.15, 0.2) is 30.9 Å². The molecule has 3 heterocycles. The molecule has 2 amide bonds. The van der Waals surface area contributed by atoms with Crippen LogP contribution in [-0.2, 0) is 19.1 Å². The number of esters is 1. The monoisotopic (exact) mass is 548 g/mol. The normalized spacial score (nSPS) is 31.0. The molecule has 0 saturated carbocycles. The number of fused-ring (bicyclic) bond motifs is 1. The van der Waals surface area contributed by atoms with E-state index in [-0.39, 0.29) is 43.5 Å². The number of para-hydroxylation sites is 1. The molecule has 37 heavy (non-hydrogen) atoms. The molecular weight excluding hydrogens is 512 g/mol. The summed E-state index contributed by atoms with van der Waals surface area (Å²) in [6, 6.07) is 4.02. The van der Waals surface area contributed by atoms with E-state index in [0.29, 0.717) is 23.6 Å². The van der Waals surface area contributed by atoms with Crippen LogP contribution >= 0.6 is 23.4 Å². The van der Waals surface area contributed by atoms with Gasteiger partial charge in [-0.15, -0.1) is 18.3 Å². The SMILES string of the molecule is C=CCN(C(=O)C1N([C@@H](CO)C(C)C)C(=O)[C@@H]2[C@@H](C(=O)OCC)[C@@]3(C)CCC12S3)c1c(C)cccc1Cl. The van der Waals surface area contributed by atoms with Gasteiger partial charge < -0.3 is 19.6 Å². The quantitative estimate of drug-likeness (QED) is 0.367.